The van der Waals surface area contributed by atoms with Crippen molar-refractivity contribution in [2.45, 2.75) is 19.5 Å². The first-order chi connectivity index (χ1) is 14.7. The summed E-state index contributed by atoms with van der Waals surface area (Å²) in [4.78, 5) is 32.1. The van der Waals surface area contributed by atoms with Crippen molar-refractivity contribution < 1.29 is 27.5 Å². The van der Waals surface area contributed by atoms with E-state index in [0.717, 1.165) is 0 Å². The number of hydrogen-bond acceptors (Lipinski definition) is 6. The zero-order valence-corrected chi connectivity index (χ0v) is 16.7. The lowest BCUT2D eigenvalue weighted by Gasteiger charge is -2.10. The van der Waals surface area contributed by atoms with Crippen molar-refractivity contribution in [3.05, 3.63) is 64.7 Å². The van der Waals surface area contributed by atoms with Crippen LogP contribution in [0.3, 0.4) is 0 Å². The Labute approximate surface area is 179 Å². The fourth-order valence-electron chi connectivity index (χ4n) is 2.62. The Morgan fingerprint density at radius 2 is 2.00 bits per heavy atom. The molecule has 0 saturated carbocycles. The van der Waals surface area contributed by atoms with Crippen molar-refractivity contribution >= 4 is 29.3 Å². The number of nitrogens with one attached hydrogen (secondary N) is 1. The van der Waals surface area contributed by atoms with E-state index in [1.165, 1.54) is 10.9 Å². The molecule has 0 radical (unpaired) electrons. The smallest absolute Gasteiger partial charge is 0.417 e. The first-order valence-corrected chi connectivity index (χ1v) is 9.26. The molecule has 12 heteroatoms. The minimum Gasteiger partial charge on any atom is -0.452 e. The molecule has 0 bridgehead atoms. The Hall–Kier alpha value is -3.47. The lowest BCUT2D eigenvalue weighted by Crippen LogP contribution is -2.22. The van der Waals surface area contributed by atoms with Crippen LogP contribution < -0.4 is 5.32 Å². The highest BCUT2D eigenvalue weighted by Gasteiger charge is 2.31. The van der Waals surface area contributed by atoms with E-state index in [-0.39, 0.29) is 11.4 Å². The molecule has 8 nitrogen and oxygen atoms in total. The van der Waals surface area contributed by atoms with Gasteiger partial charge in [-0.15, -0.1) is 0 Å². The van der Waals surface area contributed by atoms with Crippen LogP contribution in [-0.2, 0) is 22.1 Å². The molecule has 0 fully saturated rings. The molecule has 0 aromatic carbocycles. The molecule has 0 saturated heterocycles. The van der Waals surface area contributed by atoms with Gasteiger partial charge in [-0.25, -0.2) is 19.4 Å². The van der Waals surface area contributed by atoms with Gasteiger partial charge in [-0.05, 0) is 24.6 Å². The number of ether oxygens (including phenoxy) is 1. The van der Waals surface area contributed by atoms with Gasteiger partial charge in [-0.3, -0.25) is 4.79 Å². The molecule has 0 aliphatic carbocycles. The molecule has 3 aromatic heterocycles. The van der Waals surface area contributed by atoms with Gasteiger partial charge in [0.15, 0.2) is 18.2 Å². The molecule has 1 amide bonds. The average Bonchev–Trinajstić information content (AvgIpc) is 3.17. The Morgan fingerprint density at radius 3 is 2.61 bits per heavy atom. The quantitative estimate of drug-likeness (QED) is 0.571. The van der Waals surface area contributed by atoms with E-state index in [4.69, 9.17) is 16.3 Å². The van der Waals surface area contributed by atoms with Crippen LogP contribution in [-0.4, -0.2) is 38.2 Å². The van der Waals surface area contributed by atoms with Crippen molar-refractivity contribution in [3.63, 3.8) is 0 Å². The highest BCUT2D eigenvalue weighted by molar-refractivity contribution is 6.33. The molecule has 0 aliphatic heterocycles. The van der Waals surface area contributed by atoms with Crippen LogP contribution in [0.25, 0.3) is 5.82 Å². The highest BCUT2D eigenvalue weighted by atomic mass is 35.5. The lowest BCUT2D eigenvalue weighted by atomic mass is 10.2. The second-order valence-corrected chi connectivity index (χ2v) is 6.54. The Balaban J connectivity index is 1.65. The van der Waals surface area contributed by atoms with Gasteiger partial charge in [0.1, 0.15) is 5.56 Å². The van der Waals surface area contributed by atoms with Crippen molar-refractivity contribution in [1.29, 1.82) is 0 Å². The summed E-state index contributed by atoms with van der Waals surface area (Å²) < 4.78 is 44.4. The van der Waals surface area contributed by atoms with E-state index in [9.17, 15) is 22.8 Å². The van der Waals surface area contributed by atoms with Gasteiger partial charge in [0.2, 0.25) is 0 Å². The van der Waals surface area contributed by atoms with E-state index in [1.54, 1.807) is 24.4 Å². The largest absolute Gasteiger partial charge is 0.452 e. The summed E-state index contributed by atoms with van der Waals surface area (Å²) in [7, 11) is 0. The van der Waals surface area contributed by atoms with Gasteiger partial charge in [-0.2, -0.15) is 18.3 Å². The van der Waals surface area contributed by atoms with Crippen LogP contribution in [0.15, 0.2) is 42.9 Å². The standard InChI is InChI=1S/C19H15ClF3N5O3/c1-2-14-12(9-26-28(14)15-5-3-4-6-24-15)18(30)31-10-16(29)27-17-13(20)7-11(8-25-17)19(21,22)23/h3-9H,2,10H2,1H3,(H,25,27,29). The molecular weight excluding hydrogens is 439 g/mol. The second-order valence-electron chi connectivity index (χ2n) is 6.13. The summed E-state index contributed by atoms with van der Waals surface area (Å²) in [6, 6.07) is 5.86. The third-order valence-corrected chi connectivity index (χ3v) is 4.34. The molecule has 3 heterocycles. The summed E-state index contributed by atoms with van der Waals surface area (Å²) in [5, 5.41) is 5.94. The number of amides is 1. The zero-order chi connectivity index (χ0) is 22.6. The molecule has 3 rings (SSSR count). The molecule has 0 spiro atoms. The molecule has 31 heavy (non-hydrogen) atoms. The topological polar surface area (TPSA) is 99.0 Å². The van der Waals surface area contributed by atoms with E-state index in [1.807, 2.05) is 6.92 Å². The number of carbonyl (C=O) groups excluding carboxylic acids is 2. The predicted octanol–water partition coefficient (Wildman–Crippen LogP) is 3.69. The number of anilines is 1. The zero-order valence-electron chi connectivity index (χ0n) is 16.0. The number of alkyl halides is 3. The number of nitrogens with zero attached hydrogens (tertiary/aromatic N) is 4. The maximum Gasteiger partial charge on any atom is 0.417 e. The summed E-state index contributed by atoms with van der Waals surface area (Å²) in [6.45, 7) is 1.12. The van der Waals surface area contributed by atoms with Crippen molar-refractivity contribution in [2.75, 3.05) is 11.9 Å². The number of rotatable bonds is 6. The fraction of sp³-hybridized carbons (Fsp3) is 0.211. The van der Waals surface area contributed by atoms with E-state index < -0.39 is 35.2 Å². The molecule has 1 N–H and O–H groups in total. The lowest BCUT2D eigenvalue weighted by molar-refractivity contribution is -0.137. The summed E-state index contributed by atoms with van der Waals surface area (Å²) in [5.41, 5.74) is -0.359. The number of pyridine rings is 2. The molecular formula is C19H15ClF3N5O3. The van der Waals surface area contributed by atoms with Crippen molar-refractivity contribution in [1.82, 2.24) is 19.7 Å². The number of esters is 1. The number of aromatic nitrogens is 4. The van der Waals surface area contributed by atoms with E-state index in [0.29, 0.717) is 30.2 Å². The summed E-state index contributed by atoms with van der Waals surface area (Å²) >= 11 is 5.74. The Morgan fingerprint density at radius 1 is 1.23 bits per heavy atom. The molecule has 0 unspecified atom stereocenters. The minimum atomic E-state index is -4.62. The van der Waals surface area contributed by atoms with Gasteiger partial charge in [0.05, 0.1) is 22.5 Å². The monoisotopic (exact) mass is 453 g/mol. The first-order valence-electron chi connectivity index (χ1n) is 8.88. The maximum atomic E-state index is 12.7. The first kappa shape index (κ1) is 22.2. The van der Waals surface area contributed by atoms with Crippen LogP contribution >= 0.6 is 11.6 Å². The Kier molecular flexibility index (Phi) is 6.54. The Bertz CT molecular complexity index is 1100. The van der Waals surface area contributed by atoms with Gasteiger partial charge in [0, 0.05) is 12.4 Å². The van der Waals surface area contributed by atoms with Crippen LogP contribution in [0, 0.1) is 0 Å². The maximum absolute atomic E-state index is 12.7. The van der Waals surface area contributed by atoms with Crippen LogP contribution in [0.4, 0.5) is 19.0 Å². The van der Waals surface area contributed by atoms with Gasteiger partial charge < -0.3 is 10.1 Å². The van der Waals surface area contributed by atoms with Crippen LogP contribution in [0.2, 0.25) is 5.02 Å². The van der Waals surface area contributed by atoms with Crippen molar-refractivity contribution in [3.8, 4) is 5.82 Å². The minimum absolute atomic E-state index is 0.159. The third kappa shape index (κ3) is 5.18. The molecule has 3 aromatic rings. The number of carbonyl (C=O) groups is 2. The molecule has 0 aliphatic rings. The van der Waals surface area contributed by atoms with Crippen LogP contribution in [0.1, 0.15) is 28.5 Å². The van der Waals surface area contributed by atoms with Gasteiger partial charge in [0.25, 0.3) is 5.91 Å². The number of hydrogen-bond donors (Lipinski definition) is 1. The fourth-order valence-corrected chi connectivity index (χ4v) is 2.84. The van der Waals surface area contributed by atoms with E-state index in [2.05, 4.69) is 20.4 Å². The van der Waals surface area contributed by atoms with Gasteiger partial charge >= 0.3 is 12.1 Å². The molecule has 0 atom stereocenters. The predicted molar refractivity (Wildman–Crippen MR) is 104 cm³/mol. The SMILES string of the molecule is CCc1c(C(=O)OCC(=O)Nc2ncc(C(F)(F)F)cc2Cl)cnn1-c1ccccn1. The van der Waals surface area contributed by atoms with Gasteiger partial charge in [-0.1, -0.05) is 24.6 Å². The summed E-state index contributed by atoms with van der Waals surface area (Å²) in [5.74, 6) is -1.38. The van der Waals surface area contributed by atoms with Crippen molar-refractivity contribution in [2.24, 2.45) is 0 Å². The third-order valence-electron chi connectivity index (χ3n) is 4.05. The normalized spacial score (nSPS) is 11.3. The van der Waals surface area contributed by atoms with Crippen LogP contribution in [0.5, 0.6) is 0 Å². The average molecular weight is 454 g/mol. The highest BCUT2D eigenvalue weighted by Crippen LogP contribution is 2.32. The molecule has 162 valence electrons. The second kappa shape index (κ2) is 9.13. The van der Waals surface area contributed by atoms with E-state index >= 15 is 0 Å². The summed E-state index contributed by atoms with van der Waals surface area (Å²) in [6.07, 6.45) is -0.752. The number of halogens is 4.